The Labute approximate surface area is 136 Å². The Morgan fingerprint density at radius 1 is 0.818 bits per heavy atom. The van der Waals surface area contributed by atoms with E-state index < -0.39 is 0 Å². The minimum atomic E-state index is -0.127. The molecule has 0 saturated carbocycles. The van der Waals surface area contributed by atoms with Gasteiger partial charge in [0.1, 0.15) is 0 Å². The molecule has 0 radical (unpaired) electrons. The Morgan fingerprint density at radius 2 is 1.45 bits per heavy atom. The van der Waals surface area contributed by atoms with Crippen LogP contribution < -0.4 is 5.30 Å². The van der Waals surface area contributed by atoms with E-state index in [0.29, 0.717) is 0 Å². The fraction of sp³-hybridized carbons (Fsp3) is 0.333. The van der Waals surface area contributed by atoms with E-state index in [4.69, 9.17) is 0 Å². The number of hydrogen-bond acceptors (Lipinski definition) is 0. The van der Waals surface area contributed by atoms with Gasteiger partial charge < -0.3 is 0 Å². The largest absolute Gasteiger partial charge is 0.0694 e. The highest BCUT2D eigenvalue weighted by Crippen LogP contribution is 2.47. The summed E-state index contributed by atoms with van der Waals surface area (Å²) in [5.41, 5.74) is 7.27. The zero-order valence-electron chi connectivity index (χ0n) is 14.0. The van der Waals surface area contributed by atoms with Crippen LogP contribution in [0.4, 0.5) is 0 Å². The van der Waals surface area contributed by atoms with Gasteiger partial charge in [-0.1, -0.05) is 90.2 Å². The van der Waals surface area contributed by atoms with Crippen LogP contribution in [0.3, 0.4) is 0 Å². The lowest BCUT2D eigenvalue weighted by Gasteiger charge is -2.28. The Balaban J connectivity index is 2.04. The van der Waals surface area contributed by atoms with Crippen LogP contribution in [0.15, 0.2) is 48.5 Å². The molecule has 0 aromatic heterocycles. The number of rotatable bonds is 4. The Bertz CT molecular complexity index is 687. The molecule has 0 spiro atoms. The first-order chi connectivity index (χ1) is 10.6. The molecule has 0 aliphatic heterocycles. The molecule has 0 bridgehead atoms. The summed E-state index contributed by atoms with van der Waals surface area (Å²) in [4.78, 5) is 0. The first-order valence-corrected chi connectivity index (χ1v) is 9.72. The van der Waals surface area contributed by atoms with Crippen molar-refractivity contribution >= 4 is 24.9 Å². The molecule has 2 aromatic carbocycles. The average molecular weight is 308 g/mol. The molecule has 0 nitrogen and oxygen atoms in total. The van der Waals surface area contributed by atoms with Gasteiger partial charge in [0.05, 0.1) is 0 Å². The van der Waals surface area contributed by atoms with Crippen LogP contribution in [0, 0.1) is 0 Å². The maximum Gasteiger partial charge on any atom is -0.00134 e. The highest BCUT2D eigenvalue weighted by molar-refractivity contribution is 7.67. The molecule has 0 heterocycles. The summed E-state index contributed by atoms with van der Waals surface area (Å²) >= 11 is 0. The molecule has 0 N–H and O–H groups in total. The summed E-state index contributed by atoms with van der Waals surface area (Å²) in [6, 6.07) is 17.9. The molecule has 0 unspecified atom stereocenters. The normalized spacial score (nSPS) is 13.9. The van der Waals surface area contributed by atoms with Gasteiger partial charge in [-0.3, -0.25) is 0 Å². The van der Waals surface area contributed by atoms with Crippen molar-refractivity contribution in [3.05, 3.63) is 65.2 Å². The number of allylic oxidation sites excluding steroid dienone is 1. The lowest BCUT2D eigenvalue weighted by Crippen LogP contribution is -2.18. The molecule has 1 aliphatic carbocycles. The van der Waals surface area contributed by atoms with Gasteiger partial charge in [0.15, 0.2) is 0 Å². The van der Waals surface area contributed by atoms with Crippen molar-refractivity contribution in [1.29, 1.82) is 0 Å². The van der Waals surface area contributed by atoms with Crippen molar-refractivity contribution in [3.63, 3.8) is 0 Å². The summed E-state index contributed by atoms with van der Waals surface area (Å²) in [5.74, 6) is 0. The molecule has 1 aliphatic rings. The second kappa shape index (κ2) is 6.39. The zero-order valence-corrected chi connectivity index (χ0v) is 14.9. The molecule has 3 rings (SSSR count). The topological polar surface area (TPSA) is 0 Å². The van der Waals surface area contributed by atoms with Gasteiger partial charge >= 0.3 is 0 Å². The van der Waals surface area contributed by atoms with Crippen LogP contribution >= 0.6 is 7.92 Å². The van der Waals surface area contributed by atoms with Crippen molar-refractivity contribution in [3.8, 4) is 0 Å². The minimum absolute atomic E-state index is 0.127. The van der Waals surface area contributed by atoms with Gasteiger partial charge in [0, 0.05) is 0 Å². The predicted octanol–water partition coefficient (Wildman–Crippen LogP) is 5.71. The van der Waals surface area contributed by atoms with Gasteiger partial charge in [-0.25, -0.2) is 0 Å². The molecule has 0 amide bonds. The third kappa shape index (κ3) is 2.90. The maximum absolute atomic E-state index is 2.39. The first kappa shape index (κ1) is 15.5. The molecule has 0 fully saturated rings. The molecule has 0 saturated heterocycles. The van der Waals surface area contributed by atoms with E-state index in [9.17, 15) is 0 Å². The van der Waals surface area contributed by atoms with Crippen LogP contribution in [0.5, 0.6) is 0 Å². The molecular weight excluding hydrogens is 283 g/mol. The van der Waals surface area contributed by atoms with Crippen LogP contribution in [0.1, 0.15) is 44.4 Å². The third-order valence-electron chi connectivity index (χ3n) is 4.41. The number of benzene rings is 2. The van der Waals surface area contributed by atoms with Gasteiger partial charge in [-0.15, -0.1) is 0 Å². The monoisotopic (exact) mass is 308 g/mol. The standard InChI is InChI=1S/C21H25P/c1-15(2)22(16(3)4)21-12-8-7-11-20(21)19-13-17-9-5-6-10-18(17)14-19/h5-13,15-16H,14H2,1-4H3. The van der Waals surface area contributed by atoms with Crippen LogP contribution in [0.2, 0.25) is 0 Å². The number of fused-ring (bicyclic) bond motifs is 1. The smallest absolute Gasteiger partial charge is 0.00134 e. The first-order valence-electron chi connectivity index (χ1n) is 8.24. The Hall–Kier alpha value is -1.39. The SMILES string of the molecule is CC(C)P(c1ccccc1C1=Cc2ccccc2C1)C(C)C. The van der Waals surface area contributed by atoms with Crippen LogP contribution in [-0.4, -0.2) is 11.3 Å². The quantitative estimate of drug-likeness (QED) is 0.635. The minimum Gasteiger partial charge on any atom is -0.0694 e. The molecule has 0 atom stereocenters. The molecular formula is C21H25P. The summed E-state index contributed by atoms with van der Waals surface area (Å²) < 4.78 is 0. The molecule has 114 valence electrons. The second-order valence-electron chi connectivity index (χ2n) is 6.66. The third-order valence-corrected chi connectivity index (χ3v) is 7.58. The fourth-order valence-electron chi connectivity index (χ4n) is 3.58. The molecule has 22 heavy (non-hydrogen) atoms. The van der Waals surface area contributed by atoms with E-state index in [2.05, 4.69) is 82.3 Å². The highest BCUT2D eigenvalue weighted by Gasteiger charge is 2.24. The summed E-state index contributed by atoms with van der Waals surface area (Å²) in [6.07, 6.45) is 3.47. The second-order valence-corrected chi connectivity index (χ2v) is 10.0. The summed E-state index contributed by atoms with van der Waals surface area (Å²) in [5, 5.41) is 1.58. The van der Waals surface area contributed by atoms with Crippen molar-refractivity contribution < 1.29 is 0 Å². The van der Waals surface area contributed by atoms with E-state index in [1.807, 2.05) is 0 Å². The van der Waals surface area contributed by atoms with Gasteiger partial charge in [0.2, 0.25) is 0 Å². The van der Waals surface area contributed by atoms with Crippen molar-refractivity contribution in [2.45, 2.75) is 45.4 Å². The maximum atomic E-state index is 2.39. The summed E-state index contributed by atoms with van der Waals surface area (Å²) in [7, 11) is -0.127. The van der Waals surface area contributed by atoms with E-state index in [-0.39, 0.29) is 7.92 Å². The average Bonchev–Trinajstić information content (AvgIpc) is 2.90. The lowest BCUT2D eigenvalue weighted by molar-refractivity contribution is 1.02. The van der Waals surface area contributed by atoms with E-state index in [1.54, 1.807) is 5.30 Å². The van der Waals surface area contributed by atoms with Crippen LogP contribution in [-0.2, 0) is 6.42 Å². The molecule has 1 heteroatoms. The van der Waals surface area contributed by atoms with E-state index >= 15 is 0 Å². The van der Waals surface area contributed by atoms with E-state index in [1.165, 1.54) is 22.3 Å². The van der Waals surface area contributed by atoms with Crippen LogP contribution in [0.25, 0.3) is 11.6 Å². The van der Waals surface area contributed by atoms with Gasteiger partial charge in [0.25, 0.3) is 0 Å². The van der Waals surface area contributed by atoms with Crippen molar-refractivity contribution in [1.82, 2.24) is 0 Å². The van der Waals surface area contributed by atoms with E-state index in [0.717, 1.165) is 17.7 Å². The predicted molar refractivity (Wildman–Crippen MR) is 101 cm³/mol. The van der Waals surface area contributed by atoms with Gasteiger partial charge in [-0.05, 0) is 45.3 Å². The fourth-order valence-corrected chi connectivity index (χ4v) is 6.64. The summed E-state index contributed by atoms with van der Waals surface area (Å²) in [6.45, 7) is 9.50. The zero-order chi connectivity index (χ0) is 15.7. The van der Waals surface area contributed by atoms with Crippen molar-refractivity contribution in [2.75, 3.05) is 0 Å². The lowest BCUT2D eigenvalue weighted by atomic mass is 10.0. The Kier molecular flexibility index (Phi) is 4.50. The number of hydrogen-bond donors (Lipinski definition) is 0. The highest BCUT2D eigenvalue weighted by atomic mass is 31.1. The molecule has 2 aromatic rings. The van der Waals surface area contributed by atoms with Crippen molar-refractivity contribution in [2.24, 2.45) is 0 Å². The Morgan fingerprint density at radius 3 is 2.14 bits per heavy atom. The van der Waals surface area contributed by atoms with Gasteiger partial charge in [-0.2, -0.15) is 0 Å².